The minimum absolute atomic E-state index is 0.164. The third-order valence-electron chi connectivity index (χ3n) is 10.1. The SMILES string of the molecule is COc1ccc([C@@H](O)[C@@H](C)Oc2ccc([C@H]3O[C@@H](c4ccc(O[C@H](C)[C@H](O)c5ccc6c(c5)OCO6)c(OC)c4)[C@H](C)[C@H]3C)cc2OC)cc1OC. The minimum atomic E-state index is -0.930. The van der Waals surface area contributed by atoms with Crippen molar-refractivity contribution < 1.29 is 52.8 Å². The van der Waals surface area contributed by atoms with Gasteiger partial charge in [0, 0.05) is 0 Å². The summed E-state index contributed by atoms with van der Waals surface area (Å²) in [6.07, 6.45) is -3.43. The molecule has 0 unspecified atom stereocenters. The van der Waals surface area contributed by atoms with Crippen LogP contribution in [0.2, 0.25) is 0 Å². The van der Waals surface area contributed by atoms with Crippen LogP contribution in [0.4, 0.5) is 0 Å². The number of aliphatic hydroxyl groups is 2. The Morgan fingerprint density at radius 1 is 0.538 bits per heavy atom. The Morgan fingerprint density at radius 2 is 0.981 bits per heavy atom. The summed E-state index contributed by atoms with van der Waals surface area (Å²) in [5.41, 5.74) is 3.22. The molecule has 11 heteroatoms. The fourth-order valence-corrected chi connectivity index (χ4v) is 6.84. The van der Waals surface area contributed by atoms with Crippen molar-refractivity contribution >= 4 is 0 Å². The average Bonchev–Trinajstić information content (AvgIpc) is 3.77. The van der Waals surface area contributed by atoms with Crippen molar-refractivity contribution in [2.24, 2.45) is 11.8 Å². The highest BCUT2D eigenvalue weighted by Gasteiger charge is 2.41. The van der Waals surface area contributed by atoms with Crippen LogP contribution in [0.15, 0.2) is 72.8 Å². The van der Waals surface area contributed by atoms with Gasteiger partial charge >= 0.3 is 0 Å². The number of aliphatic hydroxyl groups excluding tert-OH is 2. The highest BCUT2D eigenvalue weighted by atomic mass is 16.7. The second kappa shape index (κ2) is 15.8. The zero-order chi connectivity index (χ0) is 37.1. The van der Waals surface area contributed by atoms with Crippen LogP contribution in [0.25, 0.3) is 0 Å². The van der Waals surface area contributed by atoms with E-state index in [0.717, 1.165) is 11.1 Å². The van der Waals surface area contributed by atoms with Crippen molar-refractivity contribution in [2.45, 2.75) is 64.3 Å². The summed E-state index contributed by atoms with van der Waals surface area (Å²) in [5.74, 6) is 4.80. The van der Waals surface area contributed by atoms with Crippen molar-refractivity contribution in [2.75, 3.05) is 35.2 Å². The Hall–Kier alpha value is -4.84. The van der Waals surface area contributed by atoms with Crippen molar-refractivity contribution in [3.05, 3.63) is 95.1 Å². The fourth-order valence-electron chi connectivity index (χ4n) is 6.84. The van der Waals surface area contributed by atoms with E-state index in [0.29, 0.717) is 57.1 Å². The lowest BCUT2D eigenvalue weighted by Gasteiger charge is -2.24. The van der Waals surface area contributed by atoms with Crippen LogP contribution in [-0.2, 0) is 4.74 Å². The van der Waals surface area contributed by atoms with Gasteiger partial charge in [-0.05, 0) is 96.5 Å². The number of benzene rings is 4. The van der Waals surface area contributed by atoms with Gasteiger partial charge in [-0.25, -0.2) is 0 Å². The molecule has 1 fully saturated rings. The van der Waals surface area contributed by atoms with Gasteiger partial charge in [0.25, 0.3) is 0 Å². The van der Waals surface area contributed by atoms with Gasteiger partial charge in [0.05, 0.1) is 40.6 Å². The molecule has 0 bridgehead atoms. The van der Waals surface area contributed by atoms with E-state index in [2.05, 4.69) is 13.8 Å². The molecule has 2 N–H and O–H groups in total. The van der Waals surface area contributed by atoms with Gasteiger partial charge in [0.1, 0.15) is 24.4 Å². The first-order chi connectivity index (χ1) is 25.1. The first-order valence-corrected chi connectivity index (χ1v) is 17.4. The second-order valence-corrected chi connectivity index (χ2v) is 13.3. The van der Waals surface area contributed by atoms with Crippen LogP contribution in [0.3, 0.4) is 0 Å². The van der Waals surface area contributed by atoms with Gasteiger partial charge in [0.2, 0.25) is 6.79 Å². The second-order valence-electron chi connectivity index (χ2n) is 13.3. The van der Waals surface area contributed by atoms with E-state index < -0.39 is 24.4 Å². The van der Waals surface area contributed by atoms with Crippen LogP contribution in [0, 0.1) is 11.8 Å². The number of methoxy groups -OCH3 is 4. The normalized spacial score (nSPS) is 21.5. The van der Waals surface area contributed by atoms with Crippen molar-refractivity contribution in [3.63, 3.8) is 0 Å². The van der Waals surface area contributed by atoms with Crippen molar-refractivity contribution in [3.8, 4) is 46.0 Å². The minimum Gasteiger partial charge on any atom is -0.493 e. The molecular weight excluding hydrogens is 668 g/mol. The molecule has 0 radical (unpaired) electrons. The van der Waals surface area contributed by atoms with E-state index in [1.165, 1.54) is 0 Å². The van der Waals surface area contributed by atoms with E-state index in [1.807, 2.05) is 43.3 Å². The highest BCUT2D eigenvalue weighted by Crippen LogP contribution is 2.51. The van der Waals surface area contributed by atoms with Gasteiger partial charge in [0.15, 0.2) is 46.0 Å². The Morgan fingerprint density at radius 3 is 1.50 bits per heavy atom. The maximum absolute atomic E-state index is 11.1. The molecule has 8 atom stereocenters. The average molecular weight is 717 g/mol. The first-order valence-electron chi connectivity index (χ1n) is 17.4. The monoisotopic (exact) mass is 716 g/mol. The smallest absolute Gasteiger partial charge is 0.231 e. The highest BCUT2D eigenvalue weighted by molar-refractivity contribution is 5.48. The number of rotatable bonds is 14. The lowest BCUT2D eigenvalue weighted by Crippen LogP contribution is -2.22. The molecule has 0 amide bonds. The van der Waals surface area contributed by atoms with Gasteiger partial charge < -0.3 is 52.8 Å². The molecule has 0 aliphatic carbocycles. The molecule has 1 saturated heterocycles. The molecule has 52 heavy (non-hydrogen) atoms. The number of fused-ring (bicyclic) bond motifs is 1. The maximum atomic E-state index is 11.1. The maximum Gasteiger partial charge on any atom is 0.231 e. The standard InChI is InChI=1S/C41H48O11/c1-22-23(2)41(29-12-16-33(36(20-29)47-8)51-25(4)39(43)27-10-14-31-37(18-27)49-21-48-31)52-40(22)28-11-15-32(35(19-28)46-7)50-24(3)38(42)26-9-13-30(44-5)34(17-26)45-6/h9-20,22-25,38-43H,21H2,1-8H3/t22-,23-,24-,25-,38+,39+,40+,41-/m1/s1. The Labute approximate surface area is 304 Å². The molecule has 0 spiro atoms. The molecule has 0 saturated carbocycles. The molecule has 2 heterocycles. The number of hydrogen-bond acceptors (Lipinski definition) is 11. The first kappa shape index (κ1) is 36.9. The summed E-state index contributed by atoms with van der Waals surface area (Å²) in [4.78, 5) is 0. The lowest BCUT2D eigenvalue weighted by atomic mass is 9.85. The van der Waals surface area contributed by atoms with Gasteiger partial charge in [-0.1, -0.05) is 38.1 Å². The van der Waals surface area contributed by atoms with Crippen LogP contribution >= 0.6 is 0 Å². The van der Waals surface area contributed by atoms with Gasteiger partial charge in [-0.3, -0.25) is 0 Å². The Bertz CT molecular complexity index is 1840. The zero-order valence-electron chi connectivity index (χ0n) is 30.8. The topological polar surface area (TPSA) is 124 Å². The van der Waals surface area contributed by atoms with Crippen LogP contribution in [0.1, 0.15) is 74.4 Å². The fraction of sp³-hybridized carbons (Fsp3) is 0.415. The van der Waals surface area contributed by atoms with Crippen LogP contribution < -0.4 is 37.9 Å². The molecule has 11 nitrogen and oxygen atoms in total. The largest absolute Gasteiger partial charge is 0.493 e. The molecule has 0 aromatic heterocycles. The summed E-state index contributed by atoms with van der Waals surface area (Å²) in [7, 11) is 6.31. The molecule has 2 aliphatic heterocycles. The van der Waals surface area contributed by atoms with Crippen molar-refractivity contribution in [1.29, 1.82) is 0 Å². The lowest BCUT2D eigenvalue weighted by molar-refractivity contribution is 0.0281. The third-order valence-corrected chi connectivity index (χ3v) is 10.1. The van der Waals surface area contributed by atoms with E-state index in [1.54, 1.807) is 71.8 Å². The predicted molar refractivity (Wildman–Crippen MR) is 193 cm³/mol. The Balaban J connectivity index is 1.14. The van der Waals surface area contributed by atoms with E-state index >= 15 is 0 Å². The van der Waals surface area contributed by atoms with E-state index in [4.69, 9.17) is 42.6 Å². The summed E-state index contributed by atoms with van der Waals surface area (Å²) >= 11 is 0. The Kier molecular flexibility index (Phi) is 11.2. The molecule has 6 rings (SSSR count). The molecule has 4 aromatic carbocycles. The van der Waals surface area contributed by atoms with E-state index in [9.17, 15) is 10.2 Å². The predicted octanol–water partition coefficient (Wildman–Crippen LogP) is 7.54. The third kappa shape index (κ3) is 7.39. The summed E-state index contributed by atoms with van der Waals surface area (Å²) in [6, 6.07) is 22.2. The zero-order valence-corrected chi connectivity index (χ0v) is 30.8. The molecule has 4 aromatic rings. The quantitative estimate of drug-likeness (QED) is 0.135. The van der Waals surface area contributed by atoms with Crippen LogP contribution in [-0.4, -0.2) is 57.7 Å². The number of ether oxygens (including phenoxy) is 9. The van der Waals surface area contributed by atoms with E-state index in [-0.39, 0.29) is 30.8 Å². The molecule has 2 aliphatic rings. The summed E-state index contributed by atoms with van der Waals surface area (Å²) in [6.45, 7) is 8.14. The molecule has 278 valence electrons. The summed E-state index contributed by atoms with van der Waals surface area (Å²) in [5, 5.41) is 22.2. The number of hydrogen-bond donors (Lipinski definition) is 2. The van der Waals surface area contributed by atoms with Gasteiger partial charge in [-0.15, -0.1) is 0 Å². The van der Waals surface area contributed by atoms with Gasteiger partial charge in [-0.2, -0.15) is 0 Å². The van der Waals surface area contributed by atoms with Crippen molar-refractivity contribution in [1.82, 2.24) is 0 Å². The van der Waals surface area contributed by atoms with Crippen LogP contribution in [0.5, 0.6) is 46.0 Å². The molecular formula is C41H48O11. The summed E-state index contributed by atoms with van der Waals surface area (Å²) < 4.78 is 52.3.